The van der Waals surface area contributed by atoms with Gasteiger partial charge in [0.2, 0.25) is 0 Å². The first-order chi connectivity index (χ1) is 9.15. The normalized spacial score (nSPS) is 26.9. The van der Waals surface area contributed by atoms with Gasteiger partial charge in [-0.05, 0) is 42.3 Å². The lowest BCUT2D eigenvalue weighted by atomic mass is 9.77. The standard InChI is InChI=1S/C17H26N2/c1-17(2)9-5-10-18-16(17)13-19-11-8-14-6-3-4-7-15(14)12-19/h3-4,6-7,16,18H,5,8-13H2,1-2H3. The fourth-order valence-electron chi connectivity index (χ4n) is 3.55. The van der Waals surface area contributed by atoms with Crippen molar-refractivity contribution >= 4 is 0 Å². The van der Waals surface area contributed by atoms with Crippen LogP contribution in [-0.4, -0.2) is 30.6 Å². The number of fused-ring (bicyclic) bond motifs is 1. The highest BCUT2D eigenvalue weighted by molar-refractivity contribution is 5.29. The summed E-state index contributed by atoms with van der Waals surface area (Å²) in [6.45, 7) is 9.57. The molecular formula is C17H26N2. The maximum absolute atomic E-state index is 3.74. The molecule has 0 spiro atoms. The summed E-state index contributed by atoms with van der Waals surface area (Å²) in [4.78, 5) is 2.63. The number of piperidine rings is 1. The van der Waals surface area contributed by atoms with Crippen LogP contribution in [0, 0.1) is 5.41 Å². The summed E-state index contributed by atoms with van der Waals surface area (Å²) in [5, 5.41) is 3.74. The van der Waals surface area contributed by atoms with E-state index in [9.17, 15) is 0 Å². The molecule has 1 aromatic carbocycles. The third-order valence-electron chi connectivity index (χ3n) is 4.98. The lowest BCUT2D eigenvalue weighted by Gasteiger charge is -2.43. The monoisotopic (exact) mass is 258 g/mol. The molecule has 2 heterocycles. The lowest BCUT2D eigenvalue weighted by molar-refractivity contribution is 0.120. The van der Waals surface area contributed by atoms with Crippen molar-refractivity contribution in [1.82, 2.24) is 10.2 Å². The highest BCUT2D eigenvalue weighted by Crippen LogP contribution is 2.31. The fourth-order valence-corrected chi connectivity index (χ4v) is 3.55. The van der Waals surface area contributed by atoms with Gasteiger partial charge in [-0.2, -0.15) is 0 Å². The van der Waals surface area contributed by atoms with Crippen LogP contribution < -0.4 is 5.32 Å². The van der Waals surface area contributed by atoms with Gasteiger partial charge in [-0.1, -0.05) is 38.1 Å². The highest BCUT2D eigenvalue weighted by atomic mass is 15.2. The second-order valence-electron chi connectivity index (χ2n) is 6.85. The Morgan fingerprint density at radius 3 is 2.84 bits per heavy atom. The molecule has 0 aromatic heterocycles. The first-order valence-corrected chi connectivity index (χ1v) is 7.68. The van der Waals surface area contributed by atoms with Crippen LogP contribution in [0.2, 0.25) is 0 Å². The van der Waals surface area contributed by atoms with E-state index < -0.39 is 0 Å². The first kappa shape index (κ1) is 13.1. The van der Waals surface area contributed by atoms with Crippen LogP contribution in [0.5, 0.6) is 0 Å². The predicted molar refractivity (Wildman–Crippen MR) is 80.2 cm³/mol. The second kappa shape index (κ2) is 5.26. The van der Waals surface area contributed by atoms with Gasteiger partial charge in [0.25, 0.3) is 0 Å². The molecule has 1 unspecified atom stereocenters. The minimum atomic E-state index is 0.440. The molecule has 1 fully saturated rings. The van der Waals surface area contributed by atoms with E-state index in [-0.39, 0.29) is 0 Å². The van der Waals surface area contributed by atoms with Crippen molar-refractivity contribution in [3.8, 4) is 0 Å². The number of rotatable bonds is 2. The van der Waals surface area contributed by atoms with Gasteiger partial charge in [-0.25, -0.2) is 0 Å². The molecule has 3 rings (SSSR count). The highest BCUT2D eigenvalue weighted by Gasteiger charge is 2.33. The smallest absolute Gasteiger partial charge is 0.0246 e. The molecule has 0 radical (unpaired) electrons. The first-order valence-electron chi connectivity index (χ1n) is 7.68. The summed E-state index contributed by atoms with van der Waals surface area (Å²) in [5.74, 6) is 0. The molecule has 0 saturated carbocycles. The van der Waals surface area contributed by atoms with E-state index >= 15 is 0 Å². The summed E-state index contributed by atoms with van der Waals surface area (Å²) in [6.07, 6.45) is 3.89. The van der Waals surface area contributed by atoms with Gasteiger partial charge in [-0.15, -0.1) is 0 Å². The maximum Gasteiger partial charge on any atom is 0.0246 e. The van der Waals surface area contributed by atoms with E-state index in [4.69, 9.17) is 0 Å². The maximum atomic E-state index is 3.74. The number of nitrogens with zero attached hydrogens (tertiary/aromatic N) is 1. The second-order valence-corrected chi connectivity index (χ2v) is 6.85. The molecule has 1 atom stereocenters. The number of nitrogens with one attached hydrogen (secondary N) is 1. The summed E-state index contributed by atoms with van der Waals surface area (Å²) < 4.78 is 0. The zero-order chi connectivity index (χ0) is 13.3. The van der Waals surface area contributed by atoms with Crippen LogP contribution in [-0.2, 0) is 13.0 Å². The van der Waals surface area contributed by atoms with Crippen LogP contribution in [0.4, 0.5) is 0 Å². The SMILES string of the molecule is CC1(C)CCCNC1CN1CCc2ccccc2C1. The minimum Gasteiger partial charge on any atom is -0.312 e. The molecule has 2 aliphatic heterocycles. The summed E-state index contributed by atoms with van der Waals surface area (Å²) >= 11 is 0. The van der Waals surface area contributed by atoms with Crippen LogP contribution in [0.15, 0.2) is 24.3 Å². The van der Waals surface area contributed by atoms with Crippen molar-refractivity contribution < 1.29 is 0 Å². The molecule has 1 N–H and O–H groups in total. The average Bonchev–Trinajstić information content (AvgIpc) is 2.41. The van der Waals surface area contributed by atoms with E-state index in [0.29, 0.717) is 11.5 Å². The molecular weight excluding hydrogens is 232 g/mol. The Hall–Kier alpha value is -0.860. The summed E-state index contributed by atoms with van der Waals surface area (Å²) in [7, 11) is 0. The Kier molecular flexibility index (Phi) is 3.64. The quantitative estimate of drug-likeness (QED) is 0.877. The topological polar surface area (TPSA) is 15.3 Å². The molecule has 2 heteroatoms. The molecule has 19 heavy (non-hydrogen) atoms. The van der Waals surface area contributed by atoms with Crippen molar-refractivity contribution in [2.45, 2.75) is 45.7 Å². The van der Waals surface area contributed by atoms with Gasteiger partial charge in [-0.3, -0.25) is 4.90 Å². The van der Waals surface area contributed by atoms with Gasteiger partial charge < -0.3 is 5.32 Å². The van der Waals surface area contributed by atoms with Crippen molar-refractivity contribution in [3.63, 3.8) is 0 Å². The third-order valence-corrected chi connectivity index (χ3v) is 4.98. The van der Waals surface area contributed by atoms with E-state index in [1.807, 2.05) is 0 Å². The Labute approximate surface area is 117 Å². The molecule has 104 valence electrons. The third kappa shape index (κ3) is 2.85. The van der Waals surface area contributed by atoms with Crippen LogP contribution in [0.1, 0.15) is 37.8 Å². The van der Waals surface area contributed by atoms with E-state index in [1.165, 1.54) is 44.5 Å². The zero-order valence-corrected chi connectivity index (χ0v) is 12.3. The van der Waals surface area contributed by atoms with Gasteiger partial charge >= 0.3 is 0 Å². The Morgan fingerprint density at radius 2 is 2.05 bits per heavy atom. The average molecular weight is 258 g/mol. The lowest BCUT2D eigenvalue weighted by Crippen LogP contribution is -2.53. The van der Waals surface area contributed by atoms with Crippen LogP contribution in [0.25, 0.3) is 0 Å². The Bertz CT molecular complexity index is 439. The van der Waals surface area contributed by atoms with E-state index in [2.05, 4.69) is 48.3 Å². The van der Waals surface area contributed by atoms with Crippen molar-refractivity contribution in [2.24, 2.45) is 5.41 Å². The largest absolute Gasteiger partial charge is 0.312 e. The Morgan fingerprint density at radius 1 is 1.26 bits per heavy atom. The van der Waals surface area contributed by atoms with E-state index in [0.717, 1.165) is 6.54 Å². The number of hydrogen-bond donors (Lipinski definition) is 1. The molecule has 1 aromatic rings. The Balaban J connectivity index is 1.65. The molecule has 0 amide bonds. The molecule has 0 aliphatic carbocycles. The van der Waals surface area contributed by atoms with Crippen LogP contribution in [0.3, 0.4) is 0 Å². The molecule has 2 nitrogen and oxygen atoms in total. The summed E-state index contributed by atoms with van der Waals surface area (Å²) in [5.41, 5.74) is 3.52. The summed E-state index contributed by atoms with van der Waals surface area (Å²) in [6, 6.07) is 9.56. The predicted octanol–water partition coefficient (Wildman–Crippen LogP) is 2.82. The van der Waals surface area contributed by atoms with Crippen molar-refractivity contribution in [1.29, 1.82) is 0 Å². The molecule has 2 aliphatic rings. The number of hydrogen-bond acceptors (Lipinski definition) is 2. The molecule has 0 bridgehead atoms. The van der Waals surface area contributed by atoms with Gasteiger partial charge in [0.1, 0.15) is 0 Å². The van der Waals surface area contributed by atoms with Gasteiger partial charge in [0.05, 0.1) is 0 Å². The zero-order valence-electron chi connectivity index (χ0n) is 12.3. The van der Waals surface area contributed by atoms with Gasteiger partial charge in [0, 0.05) is 25.7 Å². The van der Waals surface area contributed by atoms with E-state index in [1.54, 1.807) is 5.56 Å². The van der Waals surface area contributed by atoms with Crippen LogP contribution >= 0.6 is 0 Å². The molecule has 1 saturated heterocycles. The van der Waals surface area contributed by atoms with Crippen molar-refractivity contribution in [3.05, 3.63) is 35.4 Å². The fraction of sp³-hybridized carbons (Fsp3) is 0.647. The van der Waals surface area contributed by atoms with Crippen molar-refractivity contribution in [2.75, 3.05) is 19.6 Å². The van der Waals surface area contributed by atoms with Gasteiger partial charge in [0.15, 0.2) is 0 Å². The minimum absolute atomic E-state index is 0.440. The number of benzene rings is 1.